The number of benzene rings is 2. The van der Waals surface area contributed by atoms with Crippen LogP contribution in [-0.4, -0.2) is 74.8 Å². The van der Waals surface area contributed by atoms with Gasteiger partial charge in [-0.25, -0.2) is 9.78 Å². The Bertz CT molecular complexity index is 1640. The van der Waals surface area contributed by atoms with E-state index in [0.29, 0.717) is 25.3 Å². The molecule has 5 N–H and O–H groups in total. The molecule has 2 aliphatic rings. The summed E-state index contributed by atoms with van der Waals surface area (Å²) in [5.41, 5.74) is 17.2. The van der Waals surface area contributed by atoms with Crippen LogP contribution in [0.1, 0.15) is 28.8 Å². The lowest BCUT2D eigenvalue weighted by atomic mass is 10.0. The maximum absolute atomic E-state index is 13.1. The van der Waals surface area contributed by atoms with Gasteiger partial charge in [0, 0.05) is 75.4 Å². The van der Waals surface area contributed by atoms with E-state index in [1.807, 2.05) is 31.4 Å². The van der Waals surface area contributed by atoms with Gasteiger partial charge in [-0.05, 0) is 53.8 Å². The topological polar surface area (TPSA) is 145 Å². The second kappa shape index (κ2) is 12.2. The number of carbonyl (C=O) groups excluding carboxylic acids is 2. The zero-order chi connectivity index (χ0) is 29.9. The Kier molecular flexibility index (Phi) is 8.08. The van der Waals surface area contributed by atoms with Crippen molar-refractivity contribution in [1.29, 1.82) is 0 Å². The molecule has 4 aromatic rings. The van der Waals surface area contributed by atoms with Gasteiger partial charge in [-0.3, -0.25) is 14.4 Å². The van der Waals surface area contributed by atoms with Crippen LogP contribution in [0.5, 0.6) is 5.75 Å². The van der Waals surface area contributed by atoms with Gasteiger partial charge in [0.15, 0.2) is 0 Å². The lowest BCUT2D eigenvalue weighted by molar-refractivity contribution is 0.0937. The van der Waals surface area contributed by atoms with Crippen molar-refractivity contribution >= 4 is 17.8 Å². The minimum atomic E-state index is -0.451. The molecule has 2 aromatic carbocycles. The van der Waals surface area contributed by atoms with E-state index < -0.39 is 6.09 Å². The van der Waals surface area contributed by atoms with Crippen molar-refractivity contribution < 1.29 is 14.3 Å². The third-order valence-electron chi connectivity index (χ3n) is 8.00. The molecule has 6 rings (SSSR count). The van der Waals surface area contributed by atoms with Gasteiger partial charge in [-0.1, -0.05) is 30.3 Å². The fraction of sp³-hybridized carbons (Fsp3) is 0.312. The van der Waals surface area contributed by atoms with E-state index in [4.69, 9.17) is 16.2 Å². The summed E-state index contributed by atoms with van der Waals surface area (Å²) in [5.74, 6) is 0.278. The number of hydrogen-bond acceptors (Lipinski definition) is 8. The normalized spacial score (nSPS) is 18.6. The molecule has 43 heavy (non-hydrogen) atoms. The Morgan fingerprint density at radius 1 is 0.977 bits per heavy atom. The van der Waals surface area contributed by atoms with E-state index in [-0.39, 0.29) is 29.4 Å². The predicted molar refractivity (Wildman–Crippen MR) is 164 cm³/mol. The Morgan fingerprint density at radius 3 is 2.56 bits per heavy atom. The van der Waals surface area contributed by atoms with Gasteiger partial charge in [-0.2, -0.15) is 5.10 Å². The Balaban J connectivity index is 1.06. The number of nitrogens with one attached hydrogen (secondary N) is 1. The predicted octanol–water partition coefficient (Wildman–Crippen LogP) is 3.27. The number of aryl methyl sites for hydroxylation is 1. The second-order valence-electron chi connectivity index (χ2n) is 11.3. The molecule has 0 unspecified atom stereocenters. The van der Waals surface area contributed by atoms with Gasteiger partial charge in [0.2, 0.25) is 0 Å². The van der Waals surface area contributed by atoms with Crippen LogP contribution in [0, 0.1) is 0 Å². The molecule has 0 bridgehead atoms. The van der Waals surface area contributed by atoms with Gasteiger partial charge in [0.1, 0.15) is 11.6 Å². The summed E-state index contributed by atoms with van der Waals surface area (Å²) in [4.78, 5) is 34.3. The number of pyridine rings is 1. The van der Waals surface area contributed by atoms with Gasteiger partial charge in [-0.15, -0.1) is 0 Å². The summed E-state index contributed by atoms with van der Waals surface area (Å²) in [6, 6.07) is 17.7. The highest BCUT2D eigenvalue weighted by atomic mass is 16.6. The van der Waals surface area contributed by atoms with Gasteiger partial charge >= 0.3 is 6.09 Å². The summed E-state index contributed by atoms with van der Waals surface area (Å²) in [6.45, 7) is 3.60. The third-order valence-corrected chi connectivity index (χ3v) is 8.00. The number of likely N-dealkylation sites (tertiary alicyclic amines) is 2. The summed E-state index contributed by atoms with van der Waals surface area (Å²) in [6.07, 6.45) is 6.35. The first kappa shape index (κ1) is 28.4. The van der Waals surface area contributed by atoms with Crippen molar-refractivity contribution in [1.82, 2.24) is 29.9 Å². The molecular weight excluding hydrogens is 544 g/mol. The molecule has 2 saturated heterocycles. The Morgan fingerprint density at radius 2 is 1.79 bits per heavy atom. The molecule has 0 aliphatic carbocycles. The minimum absolute atomic E-state index is 0.144. The lowest BCUT2D eigenvalue weighted by Crippen LogP contribution is -2.39. The molecule has 222 valence electrons. The van der Waals surface area contributed by atoms with Crippen LogP contribution in [0.15, 0.2) is 73.2 Å². The fourth-order valence-corrected chi connectivity index (χ4v) is 5.71. The molecule has 0 spiro atoms. The van der Waals surface area contributed by atoms with Crippen LogP contribution in [0.2, 0.25) is 0 Å². The monoisotopic (exact) mass is 580 g/mol. The van der Waals surface area contributed by atoms with Gasteiger partial charge in [0.05, 0.1) is 11.8 Å². The van der Waals surface area contributed by atoms with Crippen LogP contribution in [0.4, 0.5) is 10.6 Å². The molecule has 0 radical (unpaired) electrons. The van der Waals surface area contributed by atoms with Crippen molar-refractivity contribution in [2.45, 2.75) is 31.5 Å². The quantitative estimate of drug-likeness (QED) is 0.302. The average molecular weight is 581 g/mol. The Labute approximate surface area is 250 Å². The standard InChI is InChI=1S/C32H36N8O3/c1-38-18-25(16-36-38)24-14-29(30(34)35-15-24)31(41)37-27-9-11-40(20-27)32(42)43-28-7-3-6-23(13-28)22-5-2-4-21(12-22)17-39-10-8-26(33)19-39/h2-7,12-16,18,26-27H,8-11,17,19-20,33H2,1H3,(H2,34,35)(H,37,41)/t26-,27+/m0/s1. The van der Waals surface area contributed by atoms with E-state index in [9.17, 15) is 9.59 Å². The lowest BCUT2D eigenvalue weighted by Gasteiger charge is -2.18. The molecule has 11 heteroatoms. The molecule has 11 nitrogen and oxygen atoms in total. The largest absolute Gasteiger partial charge is 0.415 e. The fourth-order valence-electron chi connectivity index (χ4n) is 5.71. The minimum Gasteiger partial charge on any atom is -0.410 e. The maximum Gasteiger partial charge on any atom is 0.415 e. The molecule has 2 fully saturated rings. The zero-order valence-corrected chi connectivity index (χ0v) is 24.1. The maximum atomic E-state index is 13.1. The van der Waals surface area contributed by atoms with E-state index >= 15 is 0 Å². The second-order valence-corrected chi connectivity index (χ2v) is 11.3. The van der Waals surface area contributed by atoms with E-state index in [1.165, 1.54) is 5.56 Å². The number of nitrogens with zero attached hydrogens (tertiary/aromatic N) is 5. The molecular formula is C32H36N8O3. The van der Waals surface area contributed by atoms with Crippen molar-refractivity contribution in [3.63, 3.8) is 0 Å². The van der Waals surface area contributed by atoms with Gasteiger partial charge < -0.3 is 26.4 Å². The number of rotatable bonds is 7. The SMILES string of the molecule is Cn1cc(-c2cnc(N)c(C(=O)N[C@@H]3CCN(C(=O)Oc4cccc(-c5cccc(CN6CC[C@H](N)C6)c5)c4)C3)c2)cn1. The summed E-state index contributed by atoms with van der Waals surface area (Å²) < 4.78 is 7.43. The number of anilines is 1. The first-order valence-corrected chi connectivity index (χ1v) is 14.5. The van der Waals surface area contributed by atoms with E-state index in [0.717, 1.165) is 48.3 Å². The molecule has 0 saturated carbocycles. The number of hydrogen-bond donors (Lipinski definition) is 3. The van der Waals surface area contributed by atoms with Crippen LogP contribution >= 0.6 is 0 Å². The number of carbonyl (C=O) groups is 2. The number of nitrogen functional groups attached to an aromatic ring is 1. The molecule has 2 aromatic heterocycles. The van der Waals surface area contributed by atoms with E-state index in [1.54, 1.807) is 34.1 Å². The highest BCUT2D eigenvalue weighted by Gasteiger charge is 2.29. The zero-order valence-electron chi connectivity index (χ0n) is 24.1. The number of aromatic nitrogens is 3. The van der Waals surface area contributed by atoms with Crippen LogP contribution in [0.25, 0.3) is 22.3 Å². The van der Waals surface area contributed by atoms with Crippen molar-refractivity contribution in [3.05, 3.63) is 84.3 Å². The first-order valence-electron chi connectivity index (χ1n) is 14.5. The number of amides is 2. The van der Waals surface area contributed by atoms with Crippen LogP contribution in [0.3, 0.4) is 0 Å². The number of nitrogens with two attached hydrogens (primary N) is 2. The molecule has 2 aliphatic heterocycles. The molecule has 2 atom stereocenters. The van der Waals surface area contributed by atoms with Crippen molar-refractivity contribution in [2.24, 2.45) is 12.8 Å². The van der Waals surface area contributed by atoms with Crippen molar-refractivity contribution in [2.75, 3.05) is 31.9 Å². The van der Waals surface area contributed by atoms with Crippen LogP contribution in [-0.2, 0) is 13.6 Å². The Hall–Kier alpha value is -4.74. The van der Waals surface area contributed by atoms with E-state index in [2.05, 4.69) is 44.6 Å². The van der Waals surface area contributed by atoms with Gasteiger partial charge in [0.25, 0.3) is 5.91 Å². The van der Waals surface area contributed by atoms with Crippen LogP contribution < -0.4 is 21.5 Å². The smallest absolute Gasteiger partial charge is 0.410 e. The third kappa shape index (κ3) is 6.68. The summed E-state index contributed by atoms with van der Waals surface area (Å²) in [7, 11) is 1.82. The highest BCUT2D eigenvalue weighted by Crippen LogP contribution is 2.27. The van der Waals surface area contributed by atoms with Crippen molar-refractivity contribution in [3.8, 4) is 28.0 Å². The number of ether oxygens (including phenoxy) is 1. The molecule has 2 amide bonds. The molecule has 4 heterocycles. The first-order chi connectivity index (χ1) is 20.8. The average Bonchev–Trinajstić information content (AvgIpc) is 3.75. The summed E-state index contributed by atoms with van der Waals surface area (Å²) in [5, 5.41) is 7.17. The summed E-state index contributed by atoms with van der Waals surface area (Å²) >= 11 is 0. The highest BCUT2D eigenvalue weighted by molar-refractivity contribution is 5.99.